The Morgan fingerprint density at radius 1 is 1.33 bits per heavy atom. The van der Waals surface area contributed by atoms with Crippen LogP contribution in [0.25, 0.3) is 0 Å². The lowest BCUT2D eigenvalue weighted by Crippen LogP contribution is -2.29. The Balaban J connectivity index is 2.13. The highest BCUT2D eigenvalue weighted by molar-refractivity contribution is 7.99. The summed E-state index contributed by atoms with van der Waals surface area (Å²) in [6.45, 7) is 0. The van der Waals surface area contributed by atoms with Gasteiger partial charge in [0.2, 0.25) is 0 Å². The van der Waals surface area contributed by atoms with E-state index in [2.05, 4.69) is 0 Å². The SMILES string of the molecule is NC1CSCC1Cc1cccc(Cl)c1Cl. The van der Waals surface area contributed by atoms with Crippen LogP contribution in [0.15, 0.2) is 18.2 Å². The summed E-state index contributed by atoms with van der Waals surface area (Å²) in [6.07, 6.45) is 0.938. The first-order valence-corrected chi connectivity index (χ1v) is 6.85. The van der Waals surface area contributed by atoms with Gasteiger partial charge in [-0.15, -0.1) is 0 Å². The predicted octanol–water partition coefficient (Wildman–Crippen LogP) is 3.23. The molecular weight excluding hydrogens is 249 g/mol. The van der Waals surface area contributed by atoms with Crippen LogP contribution in [0.5, 0.6) is 0 Å². The van der Waals surface area contributed by atoms with E-state index < -0.39 is 0 Å². The number of rotatable bonds is 2. The van der Waals surface area contributed by atoms with Gasteiger partial charge in [-0.1, -0.05) is 35.3 Å². The zero-order valence-corrected chi connectivity index (χ0v) is 10.6. The van der Waals surface area contributed by atoms with E-state index in [1.54, 1.807) is 0 Å². The second-order valence-corrected chi connectivity index (χ2v) is 5.74. The van der Waals surface area contributed by atoms with Crippen LogP contribution in [0.1, 0.15) is 5.56 Å². The second kappa shape index (κ2) is 4.96. The second-order valence-electron chi connectivity index (χ2n) is 3.88. The van der Waals surface area contributed by atoms with Crippen LogP contribution in [0.4, 0.5) is 0 Å². The number of halogens is 2. The van der Waals surface area contributed by atoms with Crippen molar-refractivity contribution in [3.8, 4) is 0 Å². The van der Waals surface area contributed by atoms with Gasteiger partial charge in [0, 0.05) is 11.8 Å². The van der Waals surface area contributed by atoms with Gasteiger partial charge in [-0.05, 0) is 29.7 Å². The zero-order chi connectivity index (χ0) is 10.8. The van der Waals surface area contributed by atoms with Gasteiger partial charge in [-0.25, -0.2) is 0 Å². The van der Waals surface area contributed by atoms with E-state index in [1.807, 2.05) is 30.0 Å². The smallest absolute Gasteiger partial charge is 0.0624 e. The molecule has 2 unspecified atom stereocenters. The molecule has 0 aliphatic carbocycles. The molecule has 2 rings (SSSR count). The Kier molecular flexibility index (Phi) is 3.83. The summed E-state index contributed by atoms with van der Waals surface area (Å²) in [5.74, 6) is 2.72. The van der Waals surface area contributed by atoms with E-state index in [0.29, 0.717) is 22.0 Å². The van der Waals surface area contributed by atoms with Gasteiger partial charge >= 0.3 is 0 Å². The van der Waals surface area contributed by atoms with E-state index in [4.69, 9.17) is 28.9 Å². The molecule has 4 heteroatoms. The molecule has 1 heterocycles. The molecule has 82 valence electrons. The van der Waals surface area contributed by atoms with Crippen LogP contribution >= 0.6 is 35.0 Å². The molecule has 0 saturated carbocycles. The van der Waals surface area contributed by atoms with E-state index in [9.17, 15) is 0 Å². The van der Waals surface area contributed by atoms with Crippen molar-refractivity contribution in [2.24, 2.45) is 11.7 Å². The summed E-state index contributed by atoms with van der Waals surface area (Å²) < 4.78 is 0. The van der Waals surface area contributed by atoms with Crippen molar-refractivity contribution in [1.29, 1.82) is 0 Å². The minimum absolute atomic E-state index is 0.296. The minimum atomic E-state index is 0.296. The monoisotopic (exact) mass is 261 g/mol. The first kappa shape index (κ1) is 11.6. The van der Waals surface area contributed by atoms with Gasteiger partial charge in [0.25, 0.3) is 0 Å². The van der Waals surface area contributed by atoms with Crippen molar-refractivity contribution in [3.05, 3.63) is 33.8 Å². The van der Waals surface area contributed by atoms with Crippen LogP contribution in [-0.2, 0) is 6.42 Å². The Labute approximate surface area is 104 Å². The Morgan fingerprint density at radius 3 is 2.80 bits per heavy atom. The summed E-state index contributed by atoms with van der Waals surface area (Å²) in [4.78, 5) is 0. The number of benzene rings is 1. The van der Waals surface area contributed by atoms with Crippen LogP contribution in [-0.4, -0.2) is 17.5 Å². The lowest BCUT2D eigenvalue weighted by molar-refractivity contribution is 0.515. The summed E-state index contributed by atoms with van der Waals surface area (Å²) in [6, 6.07) is 6.09. The van der Waals surface area contributed by atoms with Crippen molar-refractivity contribution < 1.29 is 0 Å². The molecule has 1 nitrogen and oxygen atoms in total. The molecular formula is C11H13Cl2NS. The molecule has 1 aliphatic heterocycles. The maximum Gasteiger partial charge on any atom is 0.0624 e. The summed E-state index contributed by atoms with van der Waals surface area (Å²) in [7, 11) is 0. The first-order chi connectivity index (χ1) is 7.18. The van der Waals surface area contributed by atoms with E-state index in [1.165, 1.54) is 0 Å². The summed E-state index contributed by atoms with van der Waals surface area (Å²) in [5.41, 5.74) is 7.14. The van der Waals surface area contributed by atoms with Crippen molar-refractivity contribution in [2.45, 2.75) is 12.5 Å². The molecule has 2 atom stereocenters. The molecule has 0 amide bonds. The number of thioether (sulfide) groups is 1. The molecule has 1 fully saturated rings. The summed E-state index contributed by atoms with van der Waals surface area (Å²) in [5, 5.41) is 1.32. The van der Waals surface area contributed by atoms with Crippen LogP contribution < -0.4 is 5.73 Å². The predicted molar refractivity (Wildman–Crippen MR) is 69.0 cm³/mol. The Hall–Kier alpha value is 0.110. The maximum absolute atomic E-state index is 6.14. The third-order valence-corrected chi connectivity index (χ3v) is 4.90. The molecule has 15 heavy (non-hydrogen) atoms. The van der Waals surface area contributed by atoms with Gasteiger partial charge in [0.05, 0.1) is 10.0 Å². The standard InChI is InChI=1S/C11H13Cl2NS/c12-9-3-1-2-7(11(9)13)4-8-5-15-6-10(8)14/h1-3,8,10H,4-6,14H2. The first-order valence-electron chi connectivity index (χ1n) is 4.94. The van der Waals surface area contributed by atoms with Crippen molar-refractivity contribution >= 4 is 35.0 Å². The molecule has 1 aromatic rings. The van der Waals surface area contributed by atoms with E-state index in [0.717, 1.165) is 23.5 Å². The molecule has 0 spiro atoms. The largest absolute Gasteiger partial charge is 0.327 e. The highest BCUT2D eigenvalue weighted by Crippen LogP contribution is 2.31. The molecule has 2 N–H and O–H groups in total. The van der Waals surface area contributed by atoms with Crippen molar-refractivity contribution in [3.63, 3.8) is 0 Å². The zero-order valence-electron chi connectivity index (χ0n) is 8.25. The van der Waals surface area contributed by atoms with Gasteiger partial charge in [-0.2, -0.15) is 11.8 Å². The number of hydrogen-bond donors (Lipinski definition) is 1. The quantitative estimate of drug-likeness (QED) is 0.885. The van der Waals surface area contributed by atoms with Crippen LogP contribution in [0, 0.1) is 5.92 Å². The van der Waals surface area contributed by atoms with Gasteiger partial charge in [0.1, 0.15) is 0 Å². The molecule has 0 radical (unpaired) electrons. The average Bonchev–Trinajstić information content (AvgIpc) is 2.60. The van der Waals surface area contributed by atoms with Crippen LogP contribution in [0.2, 0.25) is 10.0 Å². The lowest BCUT2D eigenvalue weighted by Gasteiger charge is -2.15. The maximum atomic E-state index is 6.14. The minimum Gasteiger partial charge on any atom is -0.327 e. The number of nitrogens with two attached hydrogens (primary N) is 1. The van der Waals surface area contributed by atoms with Crippen LogP contribution in [0.3, 0.4) is 0 Å². The molecule has 1 saturated heterocycles. The van der Waals surface area contributed by atoms with Gasteiger partial charge in [-0.3, -0.25) is 0 Å². The average molecular weight is 262 g/mol. The highest BCUT2D eigenvalue weighted by atomic mass is 35.5. The molecule has 0 aromatic heterocycles. The van der Waals surface area contributed by atoms with Crippen molar-refractivity contribution in [2.75, 3.05) is 11.5 Å². The van der Waals surface area contributed by atoms with E-state index >= 15 is 0 Å². The molecule has 1 aliphatic rings. The molecule has 1 aromatic carbocycles. The van der Waals surface area contributed by atoms with Gasteiger partial charge in [0.15, 0.2) is 0 Å². The number of hydrogen-bond acceptors (Lipinski definition) is 2. The summed E-state index contributed by atoms with van der Waals surface area (Å²) >= 11 is 14.0. The highest BCUT2D eigenvalue weighted by Gasteiger charge is 2.25. The fourth-order valence-corrected chi connectivity index (χ4v) is 3.56. The van der Waals surface area contributed by atoms with E-state index in [-0.39, 0.29) is 0 Å². The topological polar surface area (TPSA) is 26.0 Å². The Bertz CT molecular complexity index is 356. The van der Waals surface area contributed by atoms with Crippen molar-refractivity contribution in [1.82, 2.24) is 0 Å². The third-order valence-electron chi connectivity index (χ3n) is 2.76. The fraction of sp³-hybridized carbons (Fsp3) is 0.455. The molecule has 0 bridgehead atoms. The Morgan fingerprint density at radius 2 is 2.13 bits per heavy atom. The third kappa shape index (κ3) is 2.62. The van der Waals surface area contributed by atoms with Gasteiger partial charge < -0.3 is 5.73 Å². The lowest BCUT2D eigenvalue weighted by atomic mass is 9.95. The normalized spacial score (nSPS) is 25.8. The fourth-order valence-electron chi connectivity index (χ4n) is 1.81.